The molecular weight excluding hydrogens is 428 g/mol. The molecule has 1 heterocycles. The maximum Gasteiger partial charge on any atom is 0.301 e. The van der Waals surface area contributed by atoms with Gasteiger partial charge in [0.1, 0.15) is 11.4 Å². The van der Waals surface area contributed by atoms with Gasteiger partial charge in [0, 0.05) is 12.1 Å². The Balaban J connectivity index is 2.22. The first-order chi connectivity index (χ1) is 10.4. The molecule has 0 aliphatic rings. The van der Waals surface area contributed by atoms with Gasteiger partial charge < -0.3 is 4.42 Å². The van der Waals surface area contributed by atoms with Crippen LogP contribution in [0.2, 0.25) is 0 Å². The lowest BCUT2D eigenvalue weighted by molar-refractivity contribution is -0.393. The number of nitro benzene ring substituents is 2. The Hall–Kier alpha value is -2.27. The first-order valence-electron chi connectivity index (χ1n) is 5.55. The van der Waals surface area contributed by atoms with E-state index < -0.39 is 15.5 Å². The van der Waals surface area contributed by atoms with Gasteiger partial charge in [0.05, 0.1) is 26.6 Å². The van der Waals surface area contributed by atoms with Gasteiger partial charge in [0.25, 0.3) is 5.69 Å². The minimum Gasteiger partial charge on any atom is -0.447 e. The van der Waals surface area contributed by atoms with E-state index in [2.05, 4.69) is 42.4 Å². The largest absolute Gasteiger partial charge is 0.447 e. The second kappa shape index (κ2) is 6.66. The highest BCUT2D eigenvalue weighted by atomic mass is 79.9. The summed E-state index contributed by atoms with van der Waals surface area (Å²) in [4.78, 5) is 20.1. The number of halogens is 2. The van der Waals surface area contributed by atoms with Crippen LogP contribution in [0.3, 0.4) is 0 Å². The third-order valence-corrected chi connectivity index (χ3v) is 4.14. The van der Waals surface area contributed by atoms with E-state index in [1.165, 1.54) is 12.3 Å². The molecule has 0 saturated heterocycles. The lowest BCUT2D eigenvalue weighted by atomic mass is 10.2. The number of nitrogens with zero attached hydrogens (tertiary/aromatic N) is 3. The number of hydrogen-bond acceptors (Lipinski definition) is 7. The fourth-order valence-corrected chi connectivity index (χ4v) is 2.08. The summed E-state index contributed by atoms with van der Waals surface area (Å²) in [5, 5.41) is 25.4. The predicted molar refractivity (Wildman–Crippen MR) is 85.1 cm³/mol. The quantitative estimate of drug-likeness (QED) is 0.430. The van der Waals surface area contributed by atoms with Gasteiger partial charge in [-0.3, -0.25) is 25.7 Å². The second-order valence-corrected chi connectivity index (χ2v) is 5.43. The summed E-state index contributed by atoms with van der Waals surface area (Å²) in [6, 6.07) is 4.85. The van der Waals surface area contributed by atoms with Crippen LogP contribution < -0.4 is 5.43 Å². The van der Waals surface area contributed by atoms with E-state index in [1.807, 2.05) is 0 Å². The molecule has 0 fully saturated rings. The standard InChI is InChI=1S/C11H6Br2N4O5/c12-8-4-7(22-11(8)13)5-14-15-9-2-1-6(16(18)19)3-10(9)17(20)21/h1-5,15H/b14-5-. The van der Waals surface area contributed by atoms with Gasteiger partial charge in [-0.15, -0.1) is 0 Å². The van der Waals surface area contributed by atoms with E-state index in [1.54, 1.807) is 6.07 Å². The third-order valence-electron chi connectivity index (χ3n) is 2.43. The van der Waals surface area contributed by atoms with Crippen molar-refractivity contribution in [3.8, 4) is 0 Å². The molecule has 0 aliphatic heterocycles. The van der Waals surface area contributed by atoms with Crippen molar-refractivity contribution in [1.82, 2.24) is 0 Å². The van der Waals surface area contributed by atoms with Gasteiger partial charge >= 0.3 is 5.69 Å². The van der Waals surface area contributed by atoms with Crippen molar-refractivity contribution in [2.75, 3.05) is 5.43 Å². The molecule has 0 unspecified atom stereocenters. The Morgan fingerprint density at radius 2 is 1.91 bits per heavy atom. The van der Waals surface area contributed by atoms with Crippen molar-refractivity contribution in [1.29, 1.82) is 0 Å². The van der Waals surface area contributed by atoms with E-state index in [-0.39, 0.29) is 11.4 Å². The zero-order valence-electron chi connectivity index (χ0n) is 10.5. The van der Waals surface area contributed by atoms with Gasteiger partial charge in [0.2, 0.25) is 0 Å². The molecule has 22 heavy (non-hydrogen) atoms. The number of anilines is 1. The van der Waals surface area contributed by atoms with Crippen LogP contribution in [0.1, 0.15) is 5.76 Å². The molecule has 1 aromatic carbocycles. The molecule has 2 rings (SSSR count). The lowest BCUT2D eigenvalue weighted by Gasteiger charge is -2.01. The number of nitrogens with one attached hydrogen (secondary N) is 1. The van der Waals surface area contributed by atoms with Gasteiger partial charge in [-0.05, 0) is 37.9 Å². The molecule has 0 radical (unpaired) electrons. The fraction of sp³-hybridized carbons (Fsp3) is 0. The van der Waals surface area contributed by atoms with Crippen molar-refractivity contribution in [3.05, 3.63) is 59.4 Å². The highest BCUT2D eigenvalue weighted by Crippen LogP contribution is 2.29. The van der Waals surface area contributed by atoms with Crippen LogP contribution in [-0.4, -0.2) is 16.1 Å². The minimum absolute atomic E-state index is 0.0246. The van der Waals surface area contributed by atoms with Crippen LogP contribution in [0.5, 0.6) is 0 Å². The van der Waals surface area contributed by atoms with Crippen LogP contribution in [0, 0.1) is 20.2 Å². The summed E-state index contributed by atoms with van der Waals surface area (Å²) >= 11 is 6.39. The Morgan fingerprint density at radius 3 is 2.45 bits per heavy atom. The number of benzene rings is 1. The third kappa shape index (κ3) is 3.68. The summed E-state index contributed by atoms with van der Waals surface area (Å²) in [6.45, 7) is 0. The molecule has 0 amide bonds. The minimum atomic E-state index is -0.731. The smallest absolute Gasteiger partial charge is 0.301 e. The van der Waals surface area contributed by atoms with Gasteiger partial charge in [-0.25, -0.2) is 0 Å². The highest BCUT2D eigenvalue weighted by molar-refractivity contribution is 9.13. The first kappa shape index (κ1) is 16.1. The van der Waals surface area contributed by atoms with Crippen molar-refractivity contribution in [2.45, 2.75) is 0 Å². The molecule has 11 heteroatoms. The topological polar surface area (TPSA) is 124 Å². The van der Waals surface area contributed by atoms with E-state index in [9.17, 15) is 20.2 Å². The number of hydrogen-bond donors (Lipinski definition) is 1. The molecule has 0 aliphatic carbocycles. The van der Waals surface area contributed by atoms with Gasteiger partial charge in [-0.1, -0.05) is 0 Å². The van der Waals surface area contributed by atoms with Crippen molar-refractivity contribution in [3.63, 3.8) is 0 Å². The van der Waals surface area contributed by atoms with Crippen molar-refractivity contribution < 1.29 is 14.3 Å². The van der Waals surface area contributed by atoms with Crippen molar-refractivity contribution >= 4 is 55.1 Å². The maximum atomic E-state index is 10.9. The second-order valence-electron chi connectivity index (χ2n) is 3.86. The SMILES string of the molecule is O=[N+]([O-])c1ccc(N/N=C\c2cc(Br)c(Br)o2)c([N+](=O)[O-])c1. The average Bonchev–Trinajstić information content (AvgIpc) is 2.77. The molecule has 9 nitrogen and oxygen atoms in total. The molecule has 0 saturated carbocycles. The maximum absolute atomic E-state index is 10.9. The predicted octanol–water partition coefficient (Wildman–Crippen LogP) is 4.07. The number of rotatable bonds is 5. The molecule has 114 valence electrons. The fourth-order valence-electron chi connectivity index (χ4n) is 1.47. The summed E-state index contributed by atoms with van der Waals surface area (Å²) < 4.78 is 6.41. The van der Waals surface area contributed by atoms with Crippen LogP contribution in [0.4, 0.5) is 17.1 Å². The monoisotopic (exact) mass is 432 g/mol. The molecule has 0 bridgehead atoms. The normalized spacial score (nSPS) is 10.8. The Bertz CT molecular complexity index is 754. The Labute approximate surface area is 139 Å². The summed E-state index contributed by atoms with van der Waals surface area (Å²) in [6.07, 6.45) is 1.31. The van der Waals surface area contributed by atoms with Crippen molar-refractivity contribution in [2.24, 2.45) is 5.10 Å². The van der Waals surface area contributed by atoms with Crippen LogP contribution >= 0.6 is 31.9 Å². The first-order valence-corrected chi connectivity index (χ1v) is 7.14. The lowest BCUT2D eigenvalue weighted by Crippen LogP contribution is -1.98. The number of nitro groups is 2. The van der Waals surface area contributed by atoms with Gasteiger partial charge in [0.15, 0.2) is 4.67 Å². The number of non-ortho nitro benzene ring substituents is 1. The number of hydrazone groups is 1. The summed E-state index contributed by atoms with van der Waals surface area (Å²) in [7, 11) is 0. The average molecular weight is 434 g/mol. The van der Waals surface area contributed by atoms with E-state index in [4.69, 9.17) is 4.42 Å². The Kier molecular flexibility index (Phi) is 4.88. The van der Waals surface area contributed by atoms with E-state index >= 15 is 0 Å². The molecule has 2 aromatic rings. The van der Waals surface area contributed by atoms with Crippen LogP contribution in [-0.2, 0) is 0 Å². The zero-order valence-corrected chi connectivity index (χ0v) is 13.7. The summed E-state index contributed by atoms with van der Waals surface area (Å²) in [5.74, 6) is 0.399. The Morgan fingerprint density at radius 1 is 1.18 bits per heavy atom. The molecule has 1 aromatic heterocycles. The molecule has 0 atom stereocenters. The highest BCUT2D eigenvalue weighted by Gasteiger charge is 2.19. The number of furan rings is 1. The van der Waals surface area contributed by atoms with Crippen LogP contribution in [0.15, 0.2) is 42.9 Å². The zero-order chi connectivity index (χ0) is 16.3. The summed E-state index contributed by atoms with van der Waals surface area (Å²) in [5.41, 5.74) is 1.65. The molecule has 0 spiro atoms. The van der Waals surface area contributed by atoms with E-state index in [0.717, 1.165) is 12.1 Å². The van der Waals surface area contributed by atoms with E-state index in [0.29, 0.717) is 14.9 Å². The van der Waals surface area contributed by atoms with Crippen LogP contribution in [0.25, 0.3) is 0 Å². The molecular formula is C11H6Br2N4O5. The molecule has 1 N–H and O–H groups in total. The van der Waals surface area contributed by atoms with Gasteiger partial charge in [-0.2, -0.15) is 5.10 Å².